The van der Waals surface area contributed by atoms with Crippen molar-refractivity contribution in [2.24, 2.45) is 0 Å². The molecule has 1 aliphatic heterocycles. The minimum atomic E-state index is -0.621. The molecular formula is C13H17BrO4. The van der Waals surface area contributed by atoms with Crippen LogP contribution in [0.5, 0.6) is 5.75 Å². The van der Waals surface area contributed by atoms with Gasteiger partial charge in [0.15, 0.2) is 5.60 Å². The molecule has 0 fully saturated rings. The lowest BCUT2D eigenvalue weighted by Gasteiger charge is -2.39. The first kappa shape index (κ1) is 13.8. The Bertz CT molecular complexity index is 415. The summed E-state index contributed by atoms with van der Waals surface area (Å²) < 4.78 is 17.3. The molecule has 0 radical (unpaired) electrons. The van der Waals surface area contributed by atoms with Crippen molar-refractivity contribution in [3.63, 3.8) is 0 Å². The van der Waals surface area contributed by atoms with Crippen LogP contribution in [0.3, 0.4) is 0 Å². The maximum atomic E-state index is 10.3. The van der Waals surface area contributed by atoms with E-state index in [-0.39, 0.29) is 0 Å². The molecule has 0 amide bonds. The minimum Gasteiger partial charge on any atom is -0.482 e. The maximum Gasteiger partial charge on any atom is 0.158 e. The number of aliphatic hydroxyl groups is 1. The van der Waals surface area contributed by atoms with Crippen molar-refractivity contribution < 1.29 is 19.3 Å². The van der Waals surface area contributed by atoms with Crippen LogP contribution in [-0.4, -0.2) is 38.1 Å². The lowest BCUT2D eigenvalue weighted by Crippen LogP contribution is -2.48. The van der Waals surface area contributed by atoms with Crippen molar-refractivity contribution in [3.8, 4) is 5.75 Å². The molecule has 1 heterocycles. The van der Waals surface area contributed by atoms with E-state index in [0.717, 1.165) is 10.0 Å². The molecule has 0 bridgehead atoms. The van der Waals surface area contributed by atoms with Crippen molar-refractivity contribution in [2.45, 2.75) is 18.1 Å². The van der Waals surface area contributed by atoms with Crippen LogP contribution in [0.15, 0.2) is 22.7 Å². The third kappa shape index (κ3) is 2.69. The van der Waals surface area contributed by atoms with Crippen LogP contribution >= 0.6 is 15.9 Å². The van der Waals surface area contributed by atoms with Gasteiger partial charge in [-0.1, -0.05) is 15.9 Å². The van der Waals surface area contributed by atoms with Gasteiger partial charge in [0.25, 0.3) is 0 Å². The Morgan fingerprint density at radius 1 is 1.39 bits per heavy atom. The van der Waals surface area contributed by atoms with Gasteiger partial charge in [0.1, 0.15) is 5.75 Å². The number of aliphatic hydroxyl groups excluding tert-OH is 1. The van der Waals surface area contributed by atoms with E-state index in [0.29, 0.717) is 25.4 Å². The maximum absolute atomic E-state index is 10.3. The normalized spacial score (nSPS) is 21.2. The zero-order chi connectivity index (χ0) is 13.2. The highest BCUT2D eigenvalue weighted by atomic mass is 79.9. The Hall–Kier alpha value is -0.620. The molecule has 0 aliphatic carbocycles. The van der Waals surface area contributed by atoms with Crippen molar-refractivity contribution in [3.05, 3.63) is 28.2 Å². The molecule has 1 unspecified atom stereocenters. The zero-order valence-corrected chi connectivity index (χ0v) is 12.1. The summed E-state index contributed by atoms with van der Waals surface area (Å²) in [6.45, 7) is 0.765. The number of methoxy groups -OCH3 is 2. The molecule has 0 saturated heterocycles. The second kappa shape index (κ2) is 5.57. The number of hydrogen-bond donors (Lipinski definition) is 1. The van der Waals surface area contributed by atoms with Crippen LogP contribution < -0.4 is 4.74 Å². The number of ether oxygens (including phenoxy) is 3. The highest BCUT2D eigenvalue weighted by Crippen LogP contribution is 2.41. The van der Waals surface area contributed by atoms with Crippen LogP contribution in [0.2, 0.25) is 0 Å². The Balaban J connectivity index is 2.32. The summed E-state index contributed by atoms with van der Waals surface area (Å²) in [6, 6.07) is 5.62. The number of halogens is 1. The number of rotatable bonds is 4. The molecule has 2 rings (SSSR count). The van der Waals surface area contributed by atoms with Crippen molar-refractivity contribution in [2.75, 3.05) is 27.4 Å². The Kier molecular flexibility index (Phi) is 4.27. The van der Waals surface area contributed by atoms with Gasteiger partial charge in [0.05, 0.1) is 19.3 Å². The van der Waals surface area contributed by atoms with Crippen molar-refractivity contribution >= 4 is 15.9 Å². The quantitative estimate of drug-likeness (QED) is 0.926. The largest absolute Gasteiger partial charge is 0.482 e. The first-order chi connectivity index (χ1) is 8.60. The number of hydrogen-bond acceptors (Lipinski definition) is 4. The Labute approximate surface area is 115 Å². The lowest BCUT2D eigenvalue weighted by molar-refractivity contribution is -0.0965. The van der Waals surface area contributed by atoms with Crippen molar-refractivity contribution in [1.29, 1.82) is 0 Å². The third-order valence-electron chi connectivity index (χ3n) is 3.04. The molecule has 1 aromatic carbocycles. The molecule has 0 aromatic heterocycles. The Morgan fingerprint density at radius 3 is 2.67 bits per heavy atom. The molecule has 4 nitrogen and oxygen atoms in total. The summed E-state index contributed by atoms with van der Waals surface area (Å²) in [5.41, 5.74) is 0.177. The smallest absolute Gasteiger partial charge is 0.158 e. The predicted molar refractivity (Wildman–Crippen MR) is 70.8 cm³/mol. The van der Waals surface area contributed by atoms with Gasteiger partial charge in [0, 0.05) is 30.7 Å². The summed E-state index contributed by atoms with van der Waals surface area (Å²) in [4.78, 5) is 0. The monoisotopic (exact) mass is 316 g/mol. The third-order valence-corrected chi connectivity index (χ3v) is 3.53. The van der Waals surface area contributed by atoms with Gasteiger partial charge < -0.3 is 19.3 Å². The molecule has 0 spiro atoms. The molecule has 100 valence electrons. The number of benzene rings is 1. The first-order valence-corrected chi connectivity index (χ1v) is 6.54. The van der Waals surface area contributed by atoms with E-state index < -0.39 is 11.7 Å². The van der Waals surface area contributed by atoms with E-state index in [1.165, 1.54) is 0 Å². The topological polar surface area (TPSA) is 47.9 Å². The van der Waals surface area contributed by atoms with Crippen LogP contribution in [0.4, 0.5) is 0 Å². The molecule has 1 aliphatic rings. The average molecular weight is 317 g/mol. The van der Waals surface area contributed by atoms with Gasteiger partial charge in [0.2, 0.25) is 0 Å². The molecule has 1 atom stereocenters. The molecule has 18 heavy (non-hydrogen) atoms. The van der Waals surface area contributed by atoms with Gasteiger partial charge in [-0.3, -0.25) is 0 Å². The highest BCUT2D eigenvalue weighted by Gasteiger charge is 2.41. The molecule has 0 saturated carbocycles. The fraction of sp³-hybridized carbons (Fsp3) is 0.538. The molecule has 5 heteroatoms. The SMILES string of the molecule is COCC1(COC)CC(O)c2cc(Br)ccc2O1. The van der Waals surface area contributed by atoms with E-state index in [1.807, 2.05) is 18.2 Å². The predicted octanol–water partition coefficient (Wildman–Crippen LogP) is 2.30. The van der Waals surface area contributed by atoms with Gasteiger partial charge in [-0.15, -0.1) is 0 Å². The van der Waals surface area contributed by atoms with E-state index in [9.17, 15) is 5.11 Å². The summed E-state index contributed by atoms with van der Waals surface area (Å²) in [6.07, 6.45) is -0.116. The Morgan fingerprint density at radius 2 is 2.06 bits per heavy atom. The summed E-state index contributed by atoms with van der Waals surface area (Å²) in [5.74, 6) is 0.686. The van der Waals surface area contributed by atoms with Gasteiger partial charge in [-0.2, -0.15) is 0 Å². The zero-order valence-electron chi connectivity index (χ0n) is 10.5. The van der Waals surface area contributed by atoms with Crippen molar-refractivity contribution in [1.82, 2.24) is 0 Å². The van der Waals surface area contributed by atoms with Gasteiger partial charge in [-0.05, 0) is 18.2 Å². The first-order valence-electron chi connectivity index (χ1n) is 5.74. The lowest BCUT2D eigenvalue weighted by atomic mass is 9.90. The second-order valence-electron chi connectivity index (χ2n) is 4.55. The van der Waals surface area contributed by atoms with E-state index >= 15 is 0 Å². The fourth-order valence-corrected chi connectivity index (χ4v) is 2.73. The molecular weight excluding hydrogens is 300 g/mol. The standard InChI is InChI=1S/C13H17BrO4/c1-16-7-13(8-17-2)6-11(15)10-5-9(14)3-4-12(10)18-13/h3-5,11,15H,6-8H2,1-2H3. The van der Waals surface area contributed by atoms with Gasteiger partial charge in [-0.25, -0.2) is 0 Å². The van der Waals surface area contributed by atoms with E-state index in [2.05, 4.69) is 15.9 Å². The van der Waals surface area contributed by atoms with E-state index in [1.54, 1.807) is 14.2 Å². The second-order valence-corrected chi connectivity index (χ2v) is 5.47. The minimum absolute atomic E-state index is 0.382. The van der Waals surface area contributed by atoms with Crippen LogP contribution in [0.25, 0.3) is 0 Å². The fourth-order valence-electron chi connectivity index (χ4n) is 2.35. The summed E-state index contributed by atoms with van der Waals surface area (Å²) in [5, 5.41) is 10.3. The number of fused-ring (bicyclic) bond motifs is 1. The van der Waals surface area contributed by atoms with E-state index in [4.69, 9.17) is 14.2 Å². The van der Waals surface area contributed by atoms with Crippen LogP contribution in [0.1, 0.15) is 18.1 Å². The summed E-state index contributed by atoms with van der Waals surface area (Å²) >= 11 is 3.39. The van der Waals surface area contributed by atoms with Crippen LogP contribution in [0, 0.1) is 0 Å². The van der Waals surface area contributed by atoms with Crippen LogP contribution in [-0.2, 0) is 9.47 Å². The molecule has 1 aromatic rings. The highest BCUT2D eigenvalue weighted by molar-refractivity contribution is 9.10. The summed E-state index contributed by atoms with van der Waals surface area (Å²) in [7, 11) is 3.23. The van der Waals surface area contributed by atoms with Gasteiger partial charge >= 0.3 is 0 Å². The molecule has 1 N–H and O–H groups in total. The average Bonchev–Trinajstić information content (AvgIpc) is 2.31.